The molecule has 0 aliphatic carbocycles. The van der Waals surface area contributed by atoms with Gasteiger partial charge in [0.1, 0.15) is 23.9 Å². The minimum atomic E-state index is -0.236. The zero-order chi connectivity index (χ0) is 26.4. The number of rotatable bonds is 10. The molecule has 2 aromatic carbocycles. The fourth-order valence-corrected chi connectivity index (χ4v) is 3.60. The van der Waals surface area contributed by atoms with E-state index in [0.29, 0.717) is 46.7 Å². The van der Waals surface area contributed by atoms with Gasteiger partial charge in [0.05, 0.1) is 26.3 Å². The summed E-state index contributed by atoms with van der Waals surface area (Å²) in [6.45, 7) is 6.90. The lowest BCUT2D eigenvalue weighted by molar-refractivity contribution is -0.123. The Kier molecular flexibility index (Phi) is 7.76. The first-order chi connectivity index (χ1) is 17.8. The molecule has 2 aromatic heterocycles. The zero-order valence-electron chi connectivity index (χ0n) is 21.6. The van der Waals surface area contributed by atoms with E-state index >= 15 is 0 Å². The standard InChI is InChI=1S/C27H31N5O5/c1-27(2,3)18-6-8-19(9-7-18)37-17-24(33)28-14-15-36-25-13-12-23-29-30-26(32(23)31-25)21-11-10-20(34-4)16-22(21)35-5/h6-13,16H,14-15,17H2,1-5H3,(H,28,33). The maximum absolute atomic E-state index is 12.2. The van der Waals surface area contributed by atoms with Gasteiger partial charge < -0.3 is 24.3 Å². The molecule has 194 valence electrons. The molecule has 10 nitrogen and oxygen atoms in total. The summed E-state index contributed by atoms with van der Waals surface area (Å²) in [4.78, 5) is 12.2. The van der Waals surface area contributed by atoms with Crippen molar-refractivity contribution in [3.05, 3.63) is 60.2 Å². The van der Waals surface area contributed by atoms with Crippen LogP contribution in [0.1, 0.15) is 26.3 Å². The maximum atomic E-state index is 12.2. The fourth-order valence-electron chi connectivity index (χ4n) is 3.60. The highest BCUT2D eigenvalue weighted by molar-refractivity contribution is 5.77. The van der Waals surface area contributed by atoms with Gasteiger partial charge in [-0.2, -0.15) is 4.52 Å². The minimum Gasteiger partial charge on any atom is -0.497 e. The predicted molar refractivity (Wildman–Crippen MR) is 138 cm³/mol. The second-order valence-electron chi connectivity index (χ2n) is 9.29. The van der Waals surface area contributed by atoms with Gasteiger partial charge in [0.25, 0.3) is 5.91 Å². The van der Waals surface area contributed by atoms with E-state index in [1.54, 1.807) is 36.9 Å². The Morgan fingerprint density at radius 2 is 1.68 bits per heavy atom. The molecular weight excluding hydrogens is 474 g/mol. The number of hydrogen-bond acceptors (Lipinski definition) is 8. The molecule has 1 amide bonds. The van der Waals surface area contributed by atoms with Crippen LogP contribution in [-0.2, 0) is 10.2 Å². The summed E-state index contributed by atoms with van der Waals surface area (Å²) in [6.07, 6.45) is 0. The monoisotopic (exact) mass is 505 g/mol. The number of fused-ring (bicyclic) bond motifs is 1. The van der Waals surface area contributed by atoms with Gasteiger partial charge in [0, 0.05) is 12.1 Å². The van der Waals surface area contributed by atoms with E-state index in [-0.39, 0.29) is 24.5 Å². The van der Waals surface area contributed by atoms with E-state index in [2.05, 4.69) is 41.4 Å². The van der Waals surface area contributed by atoms with Crippen molar-refractivity contribution in [2.24, 2.45) is 0 Å². The molecule has 0 saturated carbocycles. The van der Waals surface area contributed by atoms with E-state index in [9.17, 15) is 4.79 Å². The Morgan fingerprint density at radius 1 is 0.919 bits per heavy atom. The summed E-state index contributed by atoms with van der Waals surface area (Å²) in [7, 11) is 3.17. The topological polar surface area (TPSA) is 109 Å². The number of benzene rings is 2. The van der Waals surface area contributed by atoms with Gasteiger partial charge in [-0.3, -0.25) is 4.79 Å². The molecule has 4 rings (SSSR count). The molecular formula is C27H31N5O5. The largest absolute Gasteiger partial charge is 0.497 e. The summed E-state index contributed by atoms with van der Waals surface area (Å²) in [5, 5.41) is 15.7. The van der Waals surface area contributed by atoms with Crippen molar-refractivity contribution in [1.82, 2.24) is 25.1 Å². The Morgan fingerprint density at radius 3 is 2.38 bits per heavy atom. The van der Waals surface area contributed by atoms with E-state index in [1.165, 1.54) is 5.56 Å². The predicted octanol–water partition coefficient (Wildman–Crippen LogP) is 3.68. The minimum absolute atomic E-state index is 0.0633. The number of methoxy groups -OCH3 is 2. The van der Waals surface area contributed by atoms with Crippen LogP contribution >= 0.6 is 0 Å². The van der Waals surface area contributed by atoms with Crippen LogP contribution in [0.3, 0.4) is 0 Å². The number of ether oxygens (including phenoxy) is 4. The number of nitrogens with zero attached hydrogens (tertiary/aromatic N) is 4. The summed E-state index contributed by atoms with van der Waals surface area (Å²) < 4.78 is 23.6. The molecule has 4 aromatic rings. The molecule has 0 bridgehead atoms. The SMILES string of the molecule is COc1ccc(-c2nnc3ccc(OCCNC(=O)COc4ccc(C(C)(C)C)cc4)nn23)c(OC)c1. The van der Waals surface area contributed by atoms with Gasteiger partial charge in [-0.1, -0.05) is 32.9 Å². The summed E-state index contributed by atoms with van der Waals surface area (Å²) in [5.74, 6) is 2.52. The second-order valence-corrected chi connectivity index (χ2v) is 9.29. The van der Waals surface area contributed by atoms with Crippen LogP contribution in [0.2, 0.25) is 0 Å². The molecule has 37 heavy (non-hydrogen) atoms. The van der Waals surface area contributed by atoms with E-state index in [1.807, 2.05) is 36.4 Å². The highest BCUT2D eigenvalue weighted by Crippen LogP contribution is 2.32. The number of amides is 1. The summed E-state index contributed by atoms with van der Waals surface area (Å²) in [6, 6.07) is 16.6. The number of nitrogens with one attached hydrogen (secondary N) is 1. The molecule has 0 spiro atoms. The first-order valence-electron chi connectivity index (χ1n) is 11.9. The zero-order valence-corrected chi connectivity index (χ0v) is 21.6. The Labute approximate surface area is 215 Å². The van der Waals surface area contributed by atoms with Gasteiger partial charge in [-0.15, -0.1) is 15.3 Å². The van der Waals surface area contributed by atoms with Crippen LogP contribution in [0.4, 0.5) is 0 Å². The van der Waals surface area contributed by atoms with E-state index in [4.69, 9.17) is 18.9 Å². The summed E-state index contributed by atoms with van der Waals surface area (Å²) >= 11 is 0. The number of carbonyl (C=O) groups excluding carboxylic acids is 1. The van der Waals surface area contributed by atoms with Crippen molar-refractivity contribution in [3.8, 4) is 34.5 Å². The highest BCUT2D eigenvalue weighted by Gasteiger charge is 2.16. The third kappa shape index (κ3) is 6.27. The summed E-state index contributed by atoms with van der Waals surface area (Å²) in [5.41, 5.74) is 2.53. The van der Waals surface area contributed by atoms with Crippen LogP contribution in [0.15, 0.2) is 54.6 Å². The van der Waals surface area contributed by atoms with Crippen molar-refractivity contribution in [3.63, 3.8) is 0 Å². The third-order valence-electron chi connectivity index (χ3n) is 5.65. The quantitative estimate of drug-likeness (QED) is 0.325. The number of carbonyl (C=O) groups is 1. The molecule has 0 atom stereocenters. The molecule has 0 aliphatic heterocycles. The van der Waals surface area contributed by atoms with E-state index < -0.39 is 0 Å². The first kappa shape index (κ1) is 25.7. The van der Waals surface area contributed by atoms with Crippen LogP contribution in [0.5, 0.6) is 23.1 Å². The van der Waals surface area contributed by atoms with Gasteiger partial charge in [0.2, 0.25) is 5.88 Å². The molecule has 0 unspecified atom stereocenters. The molecule has 0 radical (unpaired) electrons. The molecule has 10 heteroatoms. The maximum Gasteiger partial charge on any atom is 0.258 e. The van der Waals surface area contributed by atoms with Crippen molar-refractivity contribution < 1.29 is 23.7 Å². The van der Waals surface area contributed by atoms with Crippen LogP contribution in [0.25, 0.3) is 17.0 Å². The van der Waals surface area contributed by atoms with Gasteiger partial charge in [0.15, 0.2) is 18.1 Å². The van der Waals surface area contributed by atoms with Crippen LogP contribution in [0, 0.1) is 0 Å². The fraction of sp³-hybridized carbons (Fsp3) is 0.333. The molecule has 0 fully saturated rings. The average molecular weight is 506 g/mol. The lowest BCUT2D eigenvalue weighted by Gasteiger charge is -2.19. The number of hydrogen-bond donors (Lipinski definition) is 1. The highest BCUT2D eigenvalue weighted by atomic mass is 16.5. The first-order valence-corrected chi connectivity index (χ1v) is 11.9. The Hall–Kier alpha value is -4.34. The average Bonchev–Trinajstić information content (AvgIpc) is 3.32. The molecule has 0 saturated heterocycles. The normalized spacial score (nSPS) is 11.3. The van der Waals surface area contributed by atoms with E-state index in [0.717, 1.165) is 0 Å². The van der Waals surface area contributed by atoms with Gasteiger partial charge in [-0.05, 0) is 41.3 Å². The van der Waals surface area contributed by atoms with Crippen molar-refractivity contribution in [2.45, 2.75) is 26.2 Å². The smallest absolute Gasteiger partial charge is 0.258 e. The van der Waals surface area contributed by atoms with Gasteiger partial charge >= 0.3 is 0 Å². The van der Waals surface area contributed by atoms with Crippen LogP contribution in [-0.4, -0.2) is 59.7 Å². The number of aromatic nitrogens is 4. The van der Waals surface area contributed by atoms with Crippen LogP contribution < -0.4 is 24.3 Å². The second kappa shape index (κ2) is 11.2. The van der Waals surface area contributed by atoms with Crippen molar-refractivity contribution in [1.29, 1.82) is 0 Å². The lowest BCUT2D eigenvalue weighted by Crippen LogP contribution is -2.32. The molecule has 0 aliphatic rings. The Bertz CT molecular complexity index is 1360. The lowest BCUT2D eigenvalue weighted by atomic mass is 9.87. The molecule has 1 N–H and O–H groups in total. The molecule has 2 heterocycles. The Balaban J connectivity index is 1.30. The van der Waals surface area contributed by atoms with Gasteiger partial charge in [-0.25, -0.2) is 0 Å². The van der Waals surface area contributed by atoms with Crippen molar-refractivity contribution in [2.75, 3.05) is 34.0 Å². The third-order valence-corrected chi connectivity index (χ3v) is 5.65. The van der Waals surface area contributed by atoms with Crippen molar-refractivity contribution >= 4 is 11.6 Å².